The highest BCUT2D eigenvalue weighted by atomic mass is 79.9. The quantitative estimate of drug-likeness (QED) is 0.745. The zero-order chi connectivity index (χ0) is 16.0. The number of fused-ring (bicyclic) bond motifs is 2. The normalized spacial score (nSPS) is 28.5. The lowest BCUT2D eigenvalue weighted by molar-refractivity contribution is -0.931. The Hall–Kier alpha value is -0.130. The first-order chi connectivity index (χ1) is 9.82. The first kappa shape index (κ1) is 21.9. The molecule has 2 fully saturated rings. The number of nitrogens with zero attached hydrogens (tertiary/aromatic N) is 1. The molecule has 2 rings (SSSR count). The van der Waals surface area contributed by atoms with Gasteiger partial charge in [-0.05, 0) is 18.8 Å². The van der Waals surface area contributed by atoms with Crippen LogP contribution >= 0.6 is 17.0 Å². The molecule has 4 nitrogen and oxygen atoms in total. The van der Waals surface area contributed by atoms with Crippen LogP contribution in [0.1, 0.15) is 65.2 Å². The molecule has 132 valence electrons. The van der Waals surface area contributed by atoms with E-state index >= 15 is 0 Å². The van der Waals surface area contributed by atoms with Gasteiger partial charge in [0.1, 0.15) is 0 Å². The lowest BCUT2D eigenvalue weighted by atomic mass is 9.98. The summed E-state index contributed by atoms with van der Waals surface area (Å²) in [7, 11) is 4.63. The second kappa shape index (κ2) is 9.89. The third-order valence-corrected chi connectivity index (χ3v) is 5.41. The molecule has 1 N–H and O–H groups in total. The van der Waals surface area contributed by atoms with Crippen LogP contribution in [0, 0.1) is 5.92 Å². The van der Waals surface area contributed by atoms with Gasteiger partial charge in [-0.3, -0.25) is 0 Å². The zero-order valence-electron chi connectivity index (χ0n) is 14.6. The van der Waals surface area contributed by atoms with E-state index in [0.717, 1.165) is 55.1 Å². The number of aliphatic carboxylic acids is 1. The summed E-state index contributed by atoms with van der Waals surface area (Å²) in [5.74, 6) is -1.10. The van der Waals surface area contributed by atoms with E-state index in [2.05, 4.69) is 14.1 Å². The number of carbonyl (C=O) groups is 1. The van der Waals surface area contributed by atoms with E-state index in [1.54, 1.807) is 0 Å². The summed E-state index contributed by atoms with van der Waals surface area (Å²) in [6.45, 7) is 3.98. The van der Waals surface area contributed by atoms with Gasteiger partial charge in [0.15, 0.2) is 0 Å². The van der Waals surface area contributed by atoms with Crippen molar-refractivity contribution < 1.29 is 19.5 Å². The van der Waals surface area contributed by atoms with E-state index in [0.29, 0.717) is 0 Å². The van der Waals surface area contributed by atoms with Crippen molar-refractivity contribution in [3.05, 3.63) is 0 Å². The van der Waals surface area contributed by atoms with Gasteiger partial charge in [-0.1, -0.05) is 26.7 Å². The number of hydrogen-bond acceptors (Lipinski definition) is 3. The van der Waals surface area contributed by atoms with Gasteiger partial charge in [-0.15, -0.1) is 17.0 Å². The Kier molecular flexibility index (Phi) is 9.83. The number of hydrogen-bond donors (Lipinski definition) is 1. The van der Waals surface area contributed by atoms with Crippen LogP contribution in [-0.2, 0) is 4.79 Å². The fourth-order valence-electron chi connectivity index (χ4n) is 3.93. The fourth-order valence-corrected chi connectivity index (χ4v) is 3.93. The highest BCUT2D eigenvalue weighted by molar-refractivity contribution is 8.93. The molecule has 0 radical (unpaired) electrons. The van der Waals surface area contributed by atoms with Crippen LogP contribution in [0.5, 0.6) is 0 Å². The van der Waals surface area contributed by atoms with Crippen molar-refractivity contribution in [3.63, 3.8) is 0 Å². The third kappa shape index (κ3) is 5.82. The number of aliphatic hydroxyl groups excluding tert-OH is 1. The third-order valence-electron chi connectivity index (χ3n) is 5.41. The Morgan fingerprint density at radius 3 is 1.86 bits per heavy atom. The molecular weight excluding hydrogens is 346 g/mol. The molecule has 2 heterocycles. The number of carboxylic acid groups (broad SMARTS) is 1. The lowest BCUT2D eigenvalue weighted by Gasteiger charge is -2.42. The van der Waals surface area contributed by atoms with Gasteiger partial charge in [-0.2, -0.15) is 0 Å². The lowest BCUT2D eigenvalue weighted by Crippen LogP contribution is -2.55. The summed E-state index contributed by atoms with van der Waals surface area (Å²) in [4.78, 5) is 10.4. The van der Waals surface area contributed by atoms with Gasteiger partial charge in [0.25, 0.3) is 0 Å². The molecule has 0 aromatic carbocycles. The van der Waals surface area contributed by atoms with Crippen LogP contribution in [0.2, 0.25) is 0 Å². The number of quaternary nitrogens is 1. The van der Waals surface area contributed by atoms with Crippen molar-refractivity contribution in [1.29, 1.82) is 0 Å². The summed E-state index contributed by atoms with van der Waals surface area (Å²) < 4.78 is 1.16. The van der Waals surface area contributed by atoms with E-state index in [4.69, 9.17) is 0 Å². The van der Waals surface area contributed by atoms with Crippen molar-refractivity contribution in [3.8, 4) is 0 Å². The molecule has 0 spiro atoms. The zero-order valence-corrected chi connectivity index (χ0v) is 16.3. The number of piperidine rings is 1. The second-order valence-electron chi connectivity index (χ2n) is 7.23. The number of carbonyl (C=O) groups excluding carboxylic acids is 1. The molecule has 0 aliphatic carbocycles. The number of carboxylic acids is 1. The van der Waals surface area contributed by atoms with E-state index in [-0.39, 0.29) is 29.0 Å². The maximum atomic E-state index is 10.4. The molecule has 2 saturated heterocycles. The van der Waals surface area contributed by atoms with Crippen molar-refractivity contribution in [1.82, 2.24) is 0 Å². The van der Waals surface area contributed by atoms with Gasteiger partial charge in [0.05, 0.1) is 32.3 Å². The van der Waals surface area contributed by atoms with Crippen molar-refractivity contribution >= 4 is 23.0 Å². The van der Waals surface area contributed by atoms with E-state index in [9.17, 15) is 15.0 Å². The average molecular weight is 380 g/mol. The molecule has 3 atom stereocenters. The summed E-state index contributed by atoms with van der Waals surface area (Å²) >= 11 is 0. The molecule has 0 aromatic rings. The monoisotopic (exact) mass is 379 g/mol. The molecule has 2 aliphatic heterocycles. The number of aliphatic hydroxyl groups is 1. The molecule has 2 bridgehead atoms. The molecular formula is C17H34BrNO3. The topological polar surface area (TPSA) is 60.4 Å². The standard InChI is InChI=1S/C9H18NO.C8H16O2.BrH/c1-10(2)7-3-4-8(10)6-9(11)5-7;1-3-5-7(6-4-2)8(9)10;/h7-9,11H,3-6H2,1-2H3;7H,3-6H2,1-2H3,(H,9,10);1H/q+1;;/p-1/t7-,8+,9?;;. The van der Waals surface area contributed by atoms with Crippen LogP contribution in [0.3, 0.4) is 0 Å². The predicted molar refractivity (Wildman–Crippen MR) is 92.8 cm³/mol. The van der Waals surface area contributed by atoms with Gasteiger partial charge < -0.3 is 19.5 Å². The Morgan fingerprint density at radius 2 is 1.55 bits per heavy atom. The highest BCUT2D eigenvalue weighted by Gasteiger charge is 2.48. The van der Waals surface area contributed by atoms with Gasteiger partial charge >= 0.3 is 0 Å². The fraction of sp³-hybridized carbons (Fsp3) is 0.941. The Balaban J connectivity index is 0.000000387. The van der Waals surface area contributed by atoms with Gasteiger partial charge in [0.2, 0.25) is 0 Å². The molecule has 0 aromatic heterocycles. The molecule has 5 heteroatoms. The van der Waals surface area contributed by atoms with E-state index < -0.39 is 5.97 Å². The Morgan fingerprint density at radius 1 is 1.14 bits per heavy atom. The average Bonchev–Trinajstić information content (AvgIpc) is 2.59. The number of halogens is 1. The predicted octanol–water partition coefficient (Wildman–Crippen LogP) is 2.28. The molecule has 0 amide bonds. The maximum absolute atomic E-state index is 10.4. The van der Waals surface area contributed by atoms with Crippen LogP contribution in [0.15, 0.2) is 0 Å². The highest BCUT2D eigenvalue weighted by Crippen LogP contribution is 2.39. The van der Waals surface area contributed by atoms with Gasteiger partial charge in [-0.25, -0.2) is 0 Å². The Bertz CT molecular complexity index is 314. The largest absolute Gasteiger partial charge is 0.550 e. The summed E-state index contributed by atoms with van der Waals surface area (Å²) in [5, 5.41) is 19.9. The maximum Gasteiger partial charge on any atom is 0.0915 e. The number of rotatable bonds is 5. The van der Waals surface area contributed by atoms with Crippen LogP contribution < -0.4 is 5.11 Å². The van der Waals surface area contributed by atoms with Crippen LogP contribution in [0.4, 0.5) is 0 Å². The first-order valence-electron chi connectivity index (χ1n) is 8.55. The Labute approximate surface area is 146 Å². The minimum Gasteiger partial charge on any atom is -0.550 e. The molecule has 0 saturated carbocycles. The van der Waals surface area contributed by atoms with Crippen LogP contribution in [0.25, 0.3) is 0 Å². The first-order valence-corrected chi connectivity index (χ1v) is 8.55. The van der Waals surface area contributed by atoms with Gasteiger partial charge in [0, 0.05) is 31.7 Å². The minimum atomic E-state index is -0.885. The van der Waals surface area contributed by atoms with E-state index in [1.165, 1.54) is 12.8 Å². The second-order valence-corrected chi connectivity index (χ2v) is 7.23. The smallest absolute Gasteiger partial charge is 0.0915 e. The molecule has 22 heavy (non-hydrogen) atoms. The summed E-state index contributed by atoms with van der Waals surface area (Å²) in [6, 6.07) is 1.48. The van der Waals surface area contributed by atoms with Crippen LogP contribution in [-0.4, -0.2) is 47.8 Å². The minimum absolute atomic E-state index is 0. The SMILES string of the molecule is Br.CCCC(CCC)C(=O)[O-].C[N+]1(C)[C@@H]2CC[C@H]1CC(O)C2. The molecule has 2 aliphatic rings. The summed E-state index contributed by atoms with van der Waals surface area (Å²) in [5.41, 5.74) is 0. The summed E-state index contributed by atoms with van der Waals surface area (Å²) in [6.07, 6.45) is 8.10. The molecule has 1 unspecified atom stereocenters. The van der Waals surface area contributed by atoms with E-state index in [1.807, 2.05) is 13.8 Å². The van der Waals surface area contributed by atoms with Crippen molar-refractivity contribution in [2.45, 2.75) is 83.4 Å². The van der Waals surface area contributed by atoms with Crippen molar-refractivity contribution in [2.24, 2.45) is 5.92 Å². The van der Waals surface area contributed by atoms with Crippen molar-refractivity contribution in [2.75, 3.05) is 14.1 Å².